The summed E-state index contributed by atoms with van der Waals surface area (Å²) < 4.78 is 41.9. The fraction of sp³-hybridized carbons (Fsp3) is 0.391. The topological polar surface area (TPSA) is 50.2 Å². The van der Waals surface area contributed by atoms with Crippen LogP contribution < -0.4 is 10.2 Å². The minimum atomic E-state index is -3.38. The first-order valence-corrected chi connectivity index (χ1v) is 10.5. The molecule has 5 nitrogen and oxygen atoms in total. The average molecular weight is 428 g/mol. The first kappa shape index (κ1) is 19.9. The second-order valence-electron chi connectivity index (χ2n) is 8.59. The molecule has 2 aromatic carbocycles. The van der Waals surface area contributed by atoms with Gasteiger partial charge in [0.1, 0.15) is 5.82 Å². The molecule has 1 saturated carbocycles. The number of rotatable bonds is 4. The van der Waals surface area contributed by atoms with Crippen molar-refractivity contribution in [1.82, 2.24) is 15.1 Å². The van der Waals surface area contributed by atoms with Crippen LogP contribution in [0.2, 0.25) is 0 Å². The first-order chi connectivity index (χ1) is 14.8. The SMILES string of the molecule is CC(F)(F)C(=O)NC1CCN(c2ccc3c(cnn3-c3ccc(F)cc3)c2)C12CCC2. The third kappa shape index (κ3) is 3.25. The summed E-state index contributed by atoms with van der Waals surface area (Å²) in [7, 11) is 0. The standard InChI is InChI=1S/C23H23F3N4O/c1-22(25,26)21(31)28-20-9-12-29(23(20)10-2-11-23)18-7-8-19-15(13-18)14-27-30(19)17-5-3-16(24)4-6-17/h3-8,13-14,20H,2,9-12H2,1H3,(H,28,31). The summed E-state index contributed by atoms with van der Waals surface area (Å²) in [6.45, 7) is 1.33. The quantitative estimate of drug-likeness (QED) is 0.669. The Morgan fingerprint density at radius 3 is 2.52 bits per heavy atom. The molecule has 3 aromatic rings. The van der Waals surface area contributed by atoms with E-state index in [2.05, 4.69) is 15.3 Å². The lowest BCUT2D eigenvalue weighted by Crippen LogP contribution is -2.62. The predicted molar refractivity (Wildman–Crippen MR) is 112 cm³/mol. The highest BCUT2D eigenvalue weighted by Gasteiger charge is 2.54. The zero-order valence-corrected chi connectivity index (χ0v) is 17.1. The van der Waals surface area contributed by atoms with Gasteiger partial charge >= 0.3 is 5.92 Å². The van der Waals surface area contributed by atoms with Gasteiger partial charge in [-0.3, -0.25) is 4.79 Å². The van der Waals surface area contributed by atoms with Gasteiger partial charge in [-0.05, 0) is 68.1 Å². The molecule has 1 amide bonds. The van der Waals surface area contributed by atoms with Gasteiger partial charge < -0.3 is 10.2 Å². The van der Waals surface area contributed by atoms with E-state index in [1.54, 1.807) is 23.0 Å². The van der Waals surface area contributed by atoms with Crippen LogP contribution in [0.15, 0.2) is 48.7 Å². The van der Waals surface area contributed by atoms with Gasteiger partial charge in [0.25, 0.3) is 5.91 Å². The van der Waals surface area contributed by atoms with E-state index in [0.717, 1.165) is 41.5 Å². The van der Waals surface area contributed by atoms with Crippen molar-refractivity contribution in [1.29, 1.82) is 0 Å². The highest BCUT2D eigenvalue weighted by atomic mass is 19.3. The molecule has 8 heteroatoms. The van der Waals surface area contributed by atoms with Gasteiger partial charge in [0.2, 0.25) is 0 Å². The largest absolute Gasteiger partial charge is 0.364 e. The monoisotopic (exact) mass is 428 g/mol. The Kier molecular flexibility index (Phi) is 4.50. The molecule has 1 aliphatic carbocycles. The van der Waals surface area contributed by atoms with Gasteiger partial charge in [0, 0.05) is 24.5 Å². The minimum Gasteiger partial charge on any atom is -0.364 e. The van der Waals surface area contributed by atoms with Crippen LogP contribution in [-0.2, 0) is 4.79 Å². The highest BCUT2D eigenvalue weighted by molar-refractivity contribution is 5.85. The number of halogens is 3. The number of amides is 1. The Hall–Kier alpha value is -3.03. The number of anilines is 1. The first-order valence-electron chi connectivity index (χ1n) is 10.5. The Balaban J connectivity index is 1.44. The zero-order chi connectivity index (χ0) is 21.8. The number of fused-ring (bicyclic) bond motifs is 1. The van der Waals surface area contributed by atoms with Crippen molar-refractivity contribution in [2.45, 2.75) is 50.1 Å². The van der Waals surface area contributed by atoms with E-state index < -0.39 is 11.8 Å². The lowest BCUT2D eigenvalue weighted by molar-refractivity contribution is -0.144. The van der Waals surface area contributed by atoms with Crippen LogP contribution in [0.1, 0.15) is 32.6 Å². The summed E-state index contributed by atoms with van der Waals surface area (Å²) in [5.74, 6) is -4.89. The molecule has 0 bridgehead atoms. The molecular weight excluding hydrogens is 405 g/mol. The van der Waals surface area contributed by atoms with E-state index in [0.29, 0.717) is 19.9 Å². The van der Waals surface area contributed by atoms with Gasteiger partial charge in [0.15, 0.2) is 0 Å². The molecule has 2 fully saturated rings. The van der Waals surface area contributed by atoms with Crippen LogP contribution in [0.25, 0.3) is 16.6 Å². The van der Waals surface area contributed by atoms with Crippen LogP contribution >= 0.6 is 0 Å². The van der Waals surface area contributed by atoms with E-state index in [1.165, 1.54) is 12.1 Å². The average Bonchev–Trinajstić information content (AvgIpc) is 3.29. The second kappa shape index (κ2) is 7.00. The van der Waals surface area contributed by atoms with E-state index in [1.807, 2.05) is 18.2 Å². The molecule has 1 unspecified atom stereocenters. The van der Waals surface area contributed by atoms with E-state index in [4.69, 9.17) is 0 Å². The maximum atomic E-state index is 13.4. The van der Waals surface area contributed by atoms with Crippen molar-refractivity contribution in [3.63, 3.8) is 0 Å². The van der Waals surface area contributed by atoms with Gasteiger partial charge in [-0.25, -0.2) is 9.07 Å². The zero-order valence-electron chi connectivity index (χ0n) is 17.1. The van der Waals surface area contributed by atoms with Crippen molar-refractivity contribution in [3.8, 4) is 5.69 Å². The van der Waals surface area contributed by atoms with Gasteiger partial charge in [-0.15, -0.1) is 0 Å². The third-order valence-electron chi connectivity index (χ3n) is 6.69. The molecule has 1 saturated heterocycles. The normalized spacial score (nSPS) is 20.3. The Morgan fingerprint density at radius 1 is 1.16 bits per heavy atom. The van der Waals surface area contributed by atoms with Crippen molar-refractivity contribution in [2.75, 3.05) is 11.4 Å². The Labute approximate surface area is 177 Å². The molecule has 1 N–H and O–H groups in total. The highest BCUT2D eigenvalue weighted by Crippen LogP contribution is 2.48. The van der Waals surface area contributed by atoms with Crippen LogP contribution in [0.4, 0.5) is 18.9 Å². The molecule has 2 aliphatic rings. The van der Waals surface area contributed by atoms with Crippen molar-refractivity contribution < 1.29 is 18.0 Å². The second-order valence-corrected chi connectivity index (χ2v) is 8.59. The van der Waals surface area contributed by atoms with Gasteiger partial charge in [-0.1, -0.05) is 0 Å². The van der Waals surface area contributed by atoms with Crippen LogP contribution in [0, 0.1) is 5.82 Å². The molecule has 162 valence electrons. The number of aromatic nitrogens is 2. The van der Waals surface area contributed by atoms with Crippen LogP contribution in [0.5, 0.6) is 0 Å². The number of carbonyl (C=O) groups is 1. The summed E-state index contributed by atoms with van der Waals surface area (Å²) in [6.07, 6.45) is 5.13. The summed E-state index contributed by atoms with van der Waals surface area (Å²) in [5, 5.41) is 7.99. The van der Waals surface area contributed by atoms with Crippen LogP contribution in [0.3, 0.4) is 0 Å². The molecule has 2 heterocycles. The predicted octanol–water partition coefficient (Wildman–Crippen LogP) is 4.44. The summed E-state index contributed by atoms with van der Waals surface area (Å²) >= 11 is 0. The summed E-state index contributed by atoms with van der Waals surface area (Å²) in [6, 6.07) is 11.9. The number of nitrogens with one attached hydrogen (secondary N) is 1. The number of hydrogen-bond acceptors (Lipinski definition) is 3. The van der Waals surface area contributed by atoms with Crippen LogP contribution in [-0.4, -0.2) is 39.7 Å². The Morgan fingerprint density at radius 2 is 1.87 bits per heavy atom. The van der Waals surface area contributed by atoms with Gasteiger partial charge in [0.05, 0.1) is 29.0 Å². The van der Waals surface area contributed by atoms with E-state index >= 15 is 0 Å². The van der Waals surface area contributed by atoms with Crippen molar-refractivity contribution >= 4 is 22.5 Å². The minimum absolute atomic E-state index is 0.294. The van der Waals surface area contributed by atoms with E-state index in [9.17, 15) is 18.0 Å². The fourth-order valence-corrected chi connectivity index (χ4v) is 4.95. The summed E-state index contributed by atoms with van der Waals surface area (Å²) in [5.41, 5.74) is 2.34. The molecular formula is C23H23F3N4O. The fourth-order valence-electron chi connectivity index (χ4n) is 4.95. The molecule has 1 spiro atoms. The summed E-state index contributed by atoms with van der Waals surface area (Å²) in [4.78, 5) is 14.2. The number of benzene rings is 2. The number of alkyl halides is 2. The molecule has 1 aliphatic heterocycles. The third-order valence-corrected chi connectivity index (χ3v) is 6.69. The number of carbonyl (C=O) groups excluding carboxylic acids is 1. The lowest BCUT2D eigenvalue weighted by atomic mass is 9.71. The molecule has 31 heavy (non-hydrogen) atoms. The number of nitrogens with zero attached hydrogens (tertiary/aromatic N) is 3. The molecule has 5 rings (SSSR count). The Bertz CT molecular complexity index is 1130. The smallest absolute Gasteiger partial charge is 0.321 e. The van der Waals surface area contributed by atoms with Gasteiger partial charge in [-0.2, -0.15) is 13.9 Å². The number of hydrogen-bond donors (Lipinski definition) is 1. The lowest BCUT2D eigenvalue weighted by Gasteiger charge is -2.50. The maximum absolute atomic E-state index is 13.4. The molecule has 1 atom stereocenters. The van der Waals surface area contributed by atoms with Crippen molar-refractivity contribution in [3.05, 3.63) is 54.5 Å². The van der Waals surface area contributed by atoms with Crippen molar-refractivity contribution in [2.24, 2.45) is 0 Å². The molecule has 1 aromatic heterocycles. The molecule has 0 radical (unpaired) electrons. The maximum Gasteiger partial charge on any atom is 0.321 e. The van der Waals surface area contributed by atoms with E-state index in [-0.39, 0.29) is 17.4 Å².